The molecule has 0 radical (unpaired) electrons. The number of esters is 1. The molecule has 1 N–H and O–H groups in total. The summed E-state index contributed by atoms with van der Waals surface area (Å²) in [5, 5.41) is 3.72. The van der Waals surface area contributed by atoms with Crippen molar-refractivity contribution in [2.75, 3.05) is 12.4 Å². The second-order valence-electron chi connectivity index (χ2n) is 4.24. The third-order valence-electron chi connectivity index (χ3n) is 2.90. The van der Waals surface area contributed by atoms with E-state index in [1.54, 1.807) is 24.3 Å². The summed E-state index contributed by atoms with van der Waals surface area (Å²) in [6, 6.07) is 9.14. The summed E-state index contributed by atoms with van der Waals surface area (Å²) in [4.78, 5) is 11.7. The molecule has 0 saturated carbocycles. The number of carbonyl (C=O) groups excluding carboxylic acids is 1. The predicted octanol–water partition coefficient (Wildman–Crippen LogP) is 4.53. The van der Waals surface area contributed by atoms with Crippen LogP contribution in [0.3, 0.4) is 0 Å². The van der Waals surface area contributed by atoms with Gasteiger partial charge in [-0.25, -0.2) is 9.18 Å². The first-order valence-electron chi connectivity index (χ1n) is 6.07. The molecular formula is C15H12Cl2FNO2. The van der Waals surface area contributed by atoms with Crippen molar-refractivity contribution >= 4 is 34.9 Å². The molecule has 0 aliphatic rings. The van der Waals surface area contributed by atoms with Gasteiger partial charge in [0, 0.05) is 22.2 Å². The summed E-state index contributed by atoms with van der Waals surface area (Å²) in [6.07, 6.45) is 0. The average molecular weight is 328 g/mol. The zero-order valence-corrected chi connectivity index (χ0v) is 12.6. The maximum Gasteiger partial charge on any atom is 0.339 e. The normalized spacial score (nSPS) is 10.3. The van der Waals surface area contributed by atoms with Gasteiger partial charge in [0.1, 0.15) is 5.82 Å². The standard InChI is InChI=1S/C15H12Cl2FNO2/c1-21-15(20)10-6-5-9(16)7-14(10)19-8-11-12(17)3-2-4-13(11)18/h2-7,19H,8H2,1H3. The molecule has 0 aromatic heterocycles. The highest BCUT2D eigenvalue weighted by atomic mass is 35.5. The number of hydrogen-bond acceptors (Lipinski definition) is 3. The lowest BCUT2D eigenvalue weighted by Gasteiger charge is -2.12. The van der Waals surface area contributed by atoms with E-state index in [9.17, 15) is 9.18 Å². The lowest BCUT2D eigenvalue weighted by atomic mass is 10.1. The molecule has 2 aromatic carbocycles. The van der Waals surface area contributed by atoms with Gasteiger partial charge in [0.05, 0.1) is 18.4 Å². The van der Waals surface area contributed by atoms with Gasteiger partial charge in [0.2, 0.25) is 0 Å². The van der Waals surface area contributed by atoms with Crippen molar-refractivity contribution in [3.05, 3.63) is 63.4 Å². The highest BCUT2D eigenvalue weighted by Gasteiger charge is 2.13. The average Bonchev–Trinajstić information content (AvgIpc) is 2.46. The van der Waals surface area contributed by atoms with E-state index in [1.165, 1.54) is 19.2 Å². The van der Waals surface area contributed by atoms with E-state index in [0.717, 1.165) is 0 Å². The Balaban J connectivity index is 2.27. The van der Waals surface area contributed by atoms with Gasteiger partial charge in [0.25, 0.3) is 0 Å². The number of hydrogen-bond donors (Lipinski definition) is 1. The fourth-order valence-corrected chi connectivity index (χ4v) is 2.24. The summed E-state index contributed by atoms with van der Waals surface area (Å²) < 4.78 is 18.4. The van der Waals surface area contributed by atoms with Crippen LogP contribution in [0.2, 0.25) is 10.0 Å². The molecule has 0 amide bonds. The lowest BCUT2D eigenvalue weighted by molar-refractivity contribution is 0.0602. The number of benzene rings is 2. The molecule has 0 aliphatic heterocycles. The van der Waals surface area contributed by atoms with Gasteiger partial charge in [-0.1, -0.05) is 29.3 Å². The molecule has 0 aliphatic carbocycles. The van der Waals surface area contributed by atoms with Gasteiger partial charge in [0.15, 0.2) is 0 Å². The smallest absolute Gasteiger partial charge is 0.339 e. The number of carbonyl (C=O) groups is 1. The number of nitrogens with one attached hydrogen (secondary N) is 1. The molecule has 0 unspecified atom stereocenters. The lowest BCUT2D eigenvalue weighted by Crippen LogP contribution is -2.09. The summed E-state index contributed by atoms with van der Waals surface area (Å²) >= 11 is 11.9. The van der Waals surface area contributed by atoms with Crippen molar-refractivity contribution < 1.29 is 13.9 Å². The van der Waals surface area contributed by atoms with E-state index < -0.39 is 11.8 Å². The maximum atomic E-state index is 13.7. The van der Waals surface area contributed by atoms with Crippen LogP contribution in [0.25, 0.3) is 0 Å². The fourth-order valence-electron chi connectivity index (χ4n) is 1.84. The van der Waals surface area contributed by atoms with Gasteiger partial charge >= 0.3 is 5.97 Å². The predicted molar refractivity (Wildman–Crippen MR) is 81.5 cm³/mol. The van der Waals surface area contributed by atoms with E-state index in [-0.39, 0.29) is 6.54 Å². The third kappa shape index (κ3) is 3.65. The molecule has 110 valence electrons. The molecule has 0 saturated heterocycles. The number of ether oxygens (including phenoxy) is 1. The quantitative estimate of drug-likeness (QED) is 0.838. The minimum Gasteiger partial charge on any atom is -0.465 e. The molecule has 0 spiro atoms. The number of anilines is 1. The minimum absolute atomic E-state index is 0.121. The molecule has 3 nitrogen and oxygen atoms in total. The van der Waals surface area contributed by atoms with Crippen LogP contribution < -0.4 is 5.32 Å². The van der Waals surface area contributed by atoms with Crippen molar-refractivity contribution in [1.29, 1.82) is 0 Å². The van der Waals surface area contributed by atoms with Crippen molar-refractivity contribution in [2.45, 2.75) is 6.54 Å². The third-order valence-corrected chi connectivity index (χ3v) is 3.49. The van der Waals surface area contributed by atoms with E-state index in [0.29, 0.717) is 26.9 Å². The summed E-state index contributed by atoms with van der Waals surface area (Å²) in [5.74, 6) is -0.926. The van der Waals surface area contributed by atoms with Gasteiger partial charge in [-0.2, -0.15) is 0 Å². The first kappa shape index (κ1) is 15.6. The van der Waals surface area contributed by atoms with Crippen LogP contribution in [0.5, 0.6) is 0 Å². The largest absolute Gasteiger partial charge is 0.465 e. The molecule has 0 atom stereocenters. The molecular weight excluding hydrogens is 316 g/mol. The summed E-state index contributed by atoms with van der Waals surface area (Å²) in [7, 11) is 1.29. The first-order valence-corrected chi connectivity index (χ1v) is 6.83. The van der Waals surface area contributed by atoms with Crippen LogP contribution >= 0.6 is 23.2 Å². The molecule has 0 heterocycles. The zero-order valence-electron chi connectivity index (χ0n) is 11.1. The van der Waals surface area contributed by atoms with Crippen molar-refractivity contribution in [3.8, 4) is 0 Å². The topological polar surface area (TPSA) is 38.3 Å². The van der Waals surface area contributed by atoms with Gasteiger partial charge < -0.3 is 10.1 Å². The Labute approximate surface area is 131 Å². The maximum absolute atomic E-state index is 13.7. The molecule has 6 heteroatoms. The van der Waals surface area contributed by atoms with Crippen molar-refractivity contribution in [1.82, 2.24) is 0 Å². The SMILES string of the molecule is COC(=O)c1ccc(Cl)cc1NCc1c(F)cccc1Cl. The van der Waals surface area contributed by atoms with Gasteiger partial charge in [-0.05, 0) is 30.3 Å². The van der Waals surface area contributed by atoms with Crippen molar-refractivity contribution in [2.24, 2.45) is 0 Å². The van der Waals surface area contributed by atoms with Crippen molar-refractivity contribution in [3.63, 3.8) is 0 Å². The molecule has 21 heavy (non-hydrogen) atoms. The second-order valence-corrected chi connectivity index (χ2v) is 5.08. The Morgan fingerprint density at radius 1 is 1.29 bits per heavy atom. The Kier molecular flexibility index (Phi) is 5.04. The van der Waals surface area contributed by atoms with Crippen LogP contribution in [-0.4, -0.2) is 13.1 Å². The number of halogens is 3. The number of methoxy groups -OCH3 is 1. The van der Waals surface area contributed by atoms with Crippen LogP contribution in [0, 0.1) is 5.82 Å². The monoisotopic (exact) mass is 327 g/mol. The number of rotatable bonds is 4. The molecule has 2 rings (SSSR count). The van der Waals surface area contributed by atoms with E-state index in [4.69, 9.17) is 27.9 Å². The Bertz CT molecular complexity index is 656. The second kappa shape index (κ2) is 6.78. The zero-order chi connectivity index (χ0) is 15.4. The van der Waals surface area contributed by atoms with Gasteiger partial charge in [-0.3, -0.25) is 0 Å². The van der Waals surface area contributed by atoms with Crippen LogP contribution in [0.4, 0.5) is 10.1 Å². The first-order chi connectivity index (χ1) is 10.0. The Morgan fingerprint density at radius 3 is 2.71 bits per heavy atom. The molecule has 0 bridgehead atoms. The van der Waals surface area contributed by atoms with E-state index in [1.807, 2.05) is 0 Å². The summed E-state index contributed by atoms with van der Waals surface area (Å²) in [5.41, 5.74) is 1.08. The molecule has 2 aromatic rings. The fraction of sp³-hybridized carbons (Fsp3) is 0.133. The van der Waals surface area contributed by atoms with Crippen LogP contribution in [0.1, 0.15) is 15.9 Å². The minimum atomic E-state index is -0.506. The summed E-state index contributed by atoms with van der Waals surface area (Å²) in [6.45, 7) is 0.121. The van der Waals surface area contributed by atoms with E-state index in [2.05, 4.69) is 5.32 Å². The molecule has 0 fully saturated rings. The van der Waals surface area contributed by atoms with E-state index >= 15 is 0 Å². The van der Waals surface area contributed by atoms with Gasteiger partial charge in [-0.15, -0.1) is 0 Å². The highest BCUT2D eigenvalue weighted by molar-refractivity contribution is 6.31. The Hall–Kier alpha value is -1.78. The van der Waals surface area contributed by atoms with Crippen LogP contribution in [0.15, 0.2) is 36.4 Å². The highest BCUT2D eigenvalue weighted by Crippen LogP contribution is 2.25. The Morgan fingerprint density at radius 2 is 2.05 bits per heavy atom. The van der Waals surface area contributed by atoms with Crippen LogP contribution in [-0.2, 0) is 11.3 Å².